The second-order valence-electron chi connectivity index (χ2n) is 5.47. The summed E-state index contributed by atoms with van der Waals surface area (Å²) in [5, 5.41) is 9.00. The number of ether oxygens (including phenoxy) is 1. The van der Waals surface area contributed by atoms with Gasteiger partial charge >= 0.3 is 0 Å². The first-order valence-electron chi connectivity index (χ1n) is 7.16. The van der Waals surface area contributed by atoms with Crippen LogP contribution in [-0.2, 0) is 11.3 Å². The van der Waals surface area contributed by atoms with Crippen LogP contribution in [0.1, 0.15) is 23.6 Å². The lowest BCUT2D eigenvalue weighted by Crippen LogP contribution is -2.44. The fraction of sp³-hybridized carbons (Fsp3) is 0.222. The van der Waals surface area contributed by atoms with Crippen LogP contribution < -0.4 is 9.64 Å². The van der Waals surface area contributed by atoms with Gasteiger partial charge in [0.2, 0.25) is 0 Å². The van der Waals surface area contributed by atoms with Crippen LogP contribution >= 0.6 is 0 Å². The molecule has 1 atom stereocenters. The Kier molecular flexibility index (Phi) is 3.56. The predicted molar refractivity (Wildman–Crippen MR) is 83.6 cm³/mol. The van der Waals surface area contributed by atoms with Gasteiger partial charge in [-0.1, -0.05) is 18.2 Å². The largest absolute Gasteiger partial charge is 0.479 e. The molecule has 0 aliphatic carbocycles. The third-order valence-electron chi connectivity index (χ3n) is 3.72. The quantitative estimate of drug-likeness (QED) is 0.854. The molecule has 0 saturated carbocycles. The molecule has 4 heteroatoms. The van der Waals surface area contributed by atoms with Crippen molar-refractivity contribution in [2.24, 2.45) is 0 Å². The van der Waals surface area contributed by atoms with Gasteiger partial charge in [0.1, 0.15) is 5.75 Å². The molecule has 1 aliphatic heterocycles. The summed E-state index contributed by atoms with van der Waals surface area (Å²) < 4.78 is 5.69. The Morgan fingerprint density at radius 3 is 2.86 bits per heavy atom. The number of nitriles is 1. The lowest BCUT2D eigenvalue weighted by molar-refractivity contribution is -0.125. The summed E-state index contributed by atoms with van der Waals surface area (Å²) in [5.74, 6) is 0.655. The van der Waals surface area contributed by atoms with Gasteiger partial charge in [0, 0.05) is 0 Å². The number of carbonyl (C=O) groups is 1. The molecule has 1 unspecified atom stereocenters. The molecule has 1 amide bonds. The van der Waals surface area contributed by atoms with Gasteiger partial charge in [0.15, 0.2) is 6.10 Å². The van der Waals surface area contributed by atoms with E-state index < -0.39 is 6.10 Å². The van der Waals surface area contributed by atoms with Gasteiger partial charge < -0.3 is 9.64 Å². The number of benzene rings is 2. The molecule has 0 spiro atoms. The van der Waals surface area contributed by atoms with E-state index in [4.69, 9.17) is 10.00 Å². The third kappa shape index (κ3) is 2.53. The molecule has 0 radical (unpaired) electrons. The molecular formula is C18H16N2O2. The van der Waals surface area contributed by atoms with E-state index in [-0.39, 0.29) is 5.91 Å². The lowest BCUT2D eigenvalue weighted by atomic mass is 10.1. The third-order valence-corrected chi connectivity index (χ3v) is 3.72. The predicted octanol–water partition coefficient (Wildman–Crippen LogP) is 3.18. The number of nitrogens with zero attached hydrogens (tertiary/aromatic N) is 2. The highest BCUT2D eigenvalue weighted by Gasteiger charge is 2.31. The van der Waals surface area contributed by atoms with Crippen LogP contribution in [0.3, 0.4) is 0 Å². The van der Waals surface area contributed by atoms with E-state index in [1.807, 2.05) is 37.3 Å². The molecule has 0 fully saturated rings. The number of carbonyl (C=O) groups excluding carboxylic acids is 1. The number of amides is 1. The maximum absolute atomic E-state index is 12.5. The van der Waals surface area contributed by atoms with Crippen molar-refractivity contribution < 1.29 is 9.53 Å². The maximum Gasteiger partial charge on any atom is 0.268 e. The van der Waals surface area contributed by atoms with E-state index in [0.29, 0.717) is 12.1 Å². The first kappa shape index (κ1) is 14.2. The van der Waals surface area contributed by atoms with Crippen molar-refractivity contribution >= 4 is 11.6 Å². The zero-order valence-corrected chi connectivity index (χ0v) is 12.5. The first-order valence-corrected chi connectivity index (χ1v) is 7.16. The van der Waals surface area contributed by atoms with Gasteiger partial charge in [0.25, 0.3) is 5.91 Å². The van der Waals surface area contributed by atoms with Crippen LogP contribution in [0, 0.1) is 18.3 Å². The fourth-order valence-electron chi connectivity index (χ4n) is 2.60. The second-order valence-corrected chi connectivity index (χ2v) is 5.47. The minimum absolute atomic E-state index is 0.0706. The van der Waals surface area contributed by atoms with Crippen molar-refractivity contribution in [2.45, 2.75) is 26.5 Å². The van der Waals surface area contributed by atoms with Gasteiger partial charge in [-0.15, -0.1) is 0 Å². The highest BCUT2D eigenvalue weighted by Crippen LogP contribution is 2.35. The van der Waals surface area contributed by atoms with Gasteiger partial charge in [-0.2, -0.15) is 5.26 Å². The summed E-state index contributed by atoms with van der Waals surface area (Å²) in [7, 11) is 0. The zero-order chi connectivity index (χ0) is 15.7. The van der Waals surface area contributed by atoms with Crippen molar-refractivity contribution in [3.05, 3.63) is 59.2 Å². The highest BCUT2D eigenvalue weighted by molar-refractivity contribution is 5.99. The van der Waals surface area contributed by atoms with Crippen molar-refractivity contribution in [1.82, 2.24) is 0 Å². The fourth-order valence-corrected chi connectivity index (χ4v) is 2.60. The van der Waals surface area contributed by atoms with E-state index in [1.54, 1.807) is 24.0 Å². The highest BCUT2D eigenvalue weighted by atomic mass is 16.5. The van der Waals surface area contributed by atoms with Crippen LogP contribution in [0.2, 0.25) is 0 Å². The smallest absolute Gasteiger partial charge is 0.268 e. The van der Waals surface area contributed by atoms with E-state index in [0.717, 1.165) is 22.6 Å². The molecule has 2 aromatic rings. The summed E-state index contributed by atoms with van der Waals surface area (Å²) in [6, 6.07) is 15.2. The van der Waals surface area contributed by atoms with E-state index in [1.165, 1.54) is 0 Å². The van der Waals surface area contributed by atoms with Crippen molar-refractivity contribution in [3.63, 3.8) is 0 Å². The summed E-state index contributed by atoms with van der Waals surface area (Å²) >= 11 is 0. The first-order chi connectivity index (χ1) is 10.6. The molecule has 1 heterocycles. The Morgan fingerprint density at radius 2 is 2.09 bits per heavy atom. The monoisotopic (exact) mass is 292 g/mol. The number of hydrogen-bond donors (Lipinski definition) is 0. The molecule has 4 nitrogen and oxygen atoms in total. The van der Waals surface area contributed by atoms with Gasteiger partial charge in [0.05, 0.1) is 23.9 Å². The second kappa shape index (κ2) is 5.53. The molecule has 3 rings (SSSR count). The molecule has 110 valence electrons. The molecule has 0 N–H and O–H groups in total. The Hall–Kier alpha value is -2.80. The molecule has 0 bridgehead atoms. The van der Waals surface area contributed by atoms with Gasteiger partial charge in [-0.3, -0.25) is 4.79 Å². The normalized spacial score (nSPS) is 16.7. The molecule has 0 saturated heterocycles. The molecular weight excluding hydrogens is 276 g/mol. The topological polar surface area (TPSA) is 53.3 Å². The number of fused-ring (bicyclic) bond motifs is 1. The Morgan fingerprint density at radius 1 is 1.27 bits per heavy atom. The summed E-state index contributed by atoms with van der Waals surface area (Å²) in [4.78, 5) is 14.2. The number of rotatable bonds is 2. The minimum Gasteiger partial charge on any atom is -0.479 e. The molecule has 2 aromatic carbocycles. The SMILES string of the molecule is Cc1ccc2c(c1)OC(C)C(=O)N2Cc1cccc(C#N)c1. The molecule has 1 aliphatic rings. The van der Waals surface area contributed by atoms with Crippen LogP contribution in [-0.4, -0.2) is 12.0 Å². The standard InChI is InChI=1S/C18H16N2O2/c1-12-6-7-16-17(8-12)22-13(2)18(21)20(16)11-15-5-3-4-14(9-15)10-19/h3-9,13H,11H2,1-2H3. The summed E-state index contributed by atoms with van der Waals surface area (Å²) in [6.45, 7) is 4.18. The van der Waals surface area contributed by atoms with Crippen molar-refractivity contribution in [2.75, 3.05) is 4.90 Å². The number of aryl methyl sites for hydroxylation is 1. The van der Waals surface area contributed by atoms with Gasteiger partial charge in [-0.25, -0.2) is 0 Å². The maximum atomic E-state index is 12.5. The zero-order valence-electron chi connectivity index (χ0n) is 12.5. The molecule has 0 aromatic heterocycles. The Bertz CT molecular complexity index is 777. The number of anilines is 1. The van der Waals surface area contributed by atoms with Crippen LogP contribution in [0.4, 0.5) is 5.69 Å². The summed E-state index contributed by atoms with van der Waals surface area (Å²) in [6.07, 6.45) is -0.506. The summed E-state index contributed by atoms with van der Waals surface area (Å²) in [5.41, 5.74) is 3.38. The van der Waals surface area contributed by atoms with Crippen LogP contribution in [0.15, 0.2) is 42.5 Å². The van der Waals surface area contributed by atoms with Gasteiger partial charge in [-0.05, 0) is 49.2 Å². The van der Waals surface area contributed by atoms with Crippen LogP contribution in [0.5, 0.6) is 5.75 Å². The average Bonchev–Trinajstić information content (AvgIpc) is 2.52. The average molecular weight is 292 g/mol. The van der Waals surface area contributed by atoms with Crippen molar-refractivity contribution in [1.29, 1.82) is 5.26 Å². The minimum atomic E-state index is -0.506. The van der Waals surface area contributed by atoms with E-state index in [2.05, 4.69) is 6.07 Å². The van der Waals surface area contributed by atoms with Crippen molar-refractivity contribution in [3.8, 4) is 11.8 Å². The van der Waals surface area contributed by atoms with Crippen LogP contribution in [0.25, 0.3) is 0 Å². The molecule has 22 heavy (non-hydrogen) atoms. The van der Waals surface area contributed by atoms with E-state index >= 15 is 0 Å². The Balaban J connectivity index is 1.98. The van der Waals surface area contributed by atoms with E-state index in [9.17, 15) is 4.79 Å². The lowest BCUT2D eigenvalue weighted by Gasteiger charge is -2.33. The number of hydrogen-bond acceptors (Lipinski definition) is 3. The Labute approximate surface area is 129 Å².